The Bertz CT molecular complexity index is 366. The number of ether oxygens (including phenoxy) is 2. The maximum atomic E-state index is 11.4. The van der Waals surface area contributed by atoms with Crippen LogP contribution in [0.3, 0.4) is 0 Å². The molecule has 0 spiro atoms. The molecule has 0 aromatic heterocycles. The van der Waals surface area contributed by atoms with E-state index in [9.17, 15) is 4.79 Å². The van der Waals surface area contributed by atoms with Gasteiger partial charge in [-0.3, -0.25) is 4.79 Å². The average Bonchev–Trinajstić information content (AvgIpc) is 2.37. The van der Waals surface area contributed by atoms with Gasteiger partial charge in [0.25, 0.3) is 0 Å². The van der Waals surface area contributed by atoms with Gasteiger partial charge in [0, 0.05) is 32.4 Å². The molecule has 0 aliphatic rings. The molecule has 0 bridgehead atoms. The van der Waals surface area contributed by atoms with E-state index in [1.54, 1.807) is 7.11 Å². The van der Waals surface area contributed by atoms with Crippen LogP contribution in [0.15, 0.2) is 24.3 Å². The SMILES string of the molecule is COCCCOC(=O)CCNc1ccccc1C. The van der Waals surface area contributed by atoms with E-state index in [0.717, 1.165) is 12.1 Å². The second-order valence-electron chi connectivity index (χ2n) is 4.06. The molecule has 100 valence electrons. The van der Waals surface area contributed by atoms with Gasteiger partial charge < -0.3 is 14.8 Å². The number of carbonyl (C=O) groups excluding carboxylic acids is 1. The minimum Gasteiger partial charge on any atom is -0.466 e. The molecule has 4 heteroatoms. The first-order valence-corrected chi connectivity index (χ1v) is 6.18. The summed E-state index contributed by atoms with van der Waals surface area (Å²) < 4.78 is 9.93. The summed E-state index contributed by atoms with van der Waals surface area (Å²) in [7, 11) is 1.63. The standard InChI is InChI=1S/C14H21NO3/c1-12-6-3-4-7-13(12)15-9-8-14(16)18-11-5-10-17-2/h3-4,6-7,15H,5,8-11H2,1-2H3. The Labute approximate surface area is 108 Å². The van der Waals surface area contributed by atoms with Crippen molar-refractivity contribution in [2.24, 2.45) is 0 Å². The molecule has 0 saturated heterocycles. The summed E-state index contributed by atoms with van der Waals surface area (Å²) in [5.41, 5.74) is 2.23. The van der Waals surface area contributed by atoms with Gasteiger partial charge in [-0.05, 0) is 18.6 Å². The summed E-state index contributed by atoms with van der Waals surface area (Å²) in [6.07, 6.45) is 1.12. The summed E-state index contributed by atoms with van der Waals surface area (Å²) in [4.78, 5) is 11.4. The van der Waals surface area contributed by atoms with Gasteiger partial charge in [-0.2, -0.15) is 0 Å². The summed E-state index contributed by atoms with van der Waals surface area (Å²) in [6, 6.07) is 7.99. The Morgan fingerprint density at radius 3 is 2.78 bits per heavy atom. The smallest absolute Gasteiger partial charge is 0.307 e. The van der Waals surface area contributed by atoms with Crippen LogP contribution in [0.1, 0.15) is 18.4 Å². The molecule has 1 rings (SSSR count). The lowest BCUT2D eigenvalue weighted by Crippen LogP contribution is -2.13. The Morgan fingerprint density at radius 1 is 1.28 bits per heavy atom. The third-order valence-electron chi connectivity index (χ3n) is 2.55. The number of benzene rings is 1. The highest BCUT2D eigenvalue weighted by molar-refractivity contribution is 5.70. The van der Waals surface area contributed by atoms with Crippen molar-refractivity contribution in [1.82, 2.24) is 0 Å². The highest BCUT2D eigenvalue weighted by atomic mass is 16.5. The number of hydrogen-bond donors (Lipinski definition) is 1. The van der Waals surface area contributed by atoms with Crippen LogP contribution in [0.2, 0.25) is 0 Å². The molecular formula is C14H21NO3. The van der Waals surface area contributed by atoms with Crippen LogP contribution in [-0.2, 0) is 14.3 Å². The molecule has 0 heterocycles. The number of hydrogen-bond acceptors (Lipinski definition) is 4. The van der Waals surface area contributed by atoms with Gasteiger partial charge in [-0.15, -0.1) is 0 Å². The first-order chi connectivity index (χ1) is 8.74. The second kappa shape index (κ2) is 8.53. The third kappa shape index (κ3) is 5.68. The fourth-order valence-electron chi connectivity index (χ4n) is 1.53. The molecule has 0 aliphatic heterocycles. The Hall–Kier alpha value is -1.55. The number of esters is 1. The zero-order valence-electron chi connectivity index (χ0n) is 11.1. The zero-order valence-corrected chi connectivity index (χ0v) is 11.1. The van der Waals surface area contributed by atoms with Crippen LogP contribution in [-0.4, -0.2) is 32.8 Å². The Kier molecular flexibility index (Phi) is 6.87. The summed E-state index contributed by atoms with van der Waals surface area (Å²) in [5.74, 6) is -0.174. The molecule has 0 amide bonds. The molecule has 0 aliphatic carbocycles. The minimum absolute atomic E-state index is 0.174. The van der Waals surface area contributed by atoms with Gasteiger partial charge in [0.1, 0.15) is 0 Å². The van der Waals surface area contributed by atoms with E-state index in [-0.39, 0.29) is 5.97 Å². The van der Waals surface area contributed by atoms with Crippen molar-refractivity contribution < 1.29 is 14.3 Å². The normalized spacial score (nSPS) is 10.1. The van der Waals surface area contributed by atoms with E-state index >= 15 is 0 Å². The monoisotopic (exact) mass is 251 g/mol. The molecular weight excluding hydrogens is 230 g/mol. The van der Waals surface area contributed by atoms with E-state index in [4.69, 9.17) is 9.47 Å². The summed E-state index contributed by atoms with van der Waals surface area (Å²) in [6.45, 7) is 3.67. The fourth-order valence-corrected chi connectivity index (χ4v) is 1.53. The van der Waals surface area contributed by atoms with Gasteiger partial charge >= 0.3 is 5.97 Å². The van der Waals surface area contributed by atoms with Gasteiger partial charge in [-0.1, -0.05) is 18.2 Å². The van der Waals surface area contributed by atoms with Gasteiger partial charge in [0.2, 0.25) is 0 Å². The van der Waals surface area contributed by atoms with Crippen molar-refractivity contribution >= 4 is 11.7 Å². The van der Waals surface area contributed by atoms with E-state index < -0.39 is 0 Å². The molecule has 0 fully saturated rings. The number of methoxy groups -OCH3 is 1. The average molecular weight is 251 g/mol. The third-order valence-corrected chi connectivity index (χ3v) is 2.55. The lowest BCUT2D eigenvalue weighted by molar-refractivity contribution is -0.143. The van der Waals surface area contributed by atoms with Crippen LogP contribution in [0.25, 0.3) is 0 Å². The van der Waals surface area contributed by atoms with Crippen LogP contribution in [0.4, 0.5) is 5.69 Å². The van der Waals surface area contributed by atoms with E-state index in [0.29, 0.717) is 26.2 Å². The van der Waals surface area contributed by atoms with Crippen molar-refractivity contribution in [2.45, 2.75) is 19.8 Å². The molecule has 18 heavy (non-hydrogen) atoms. The van der Waals surface area contributed by atoms with Crippen LogP contribution < -0.4 is 5.32 Å². The van der Waals surface area contributed by atoms with Gasteiger partial charge in [0.05, 0.1) is 13.0 Å². The number of rotatable bonds is 8. The number of para-hydroxylation sites is 1. The van der Waals surface area contributed by atoms with E-state index in [1.807, 2.05) is 31.2 Å². The molecule has 1 N–H and O–H groups in total. The quantitative estimate of drug-likeness (QED) is 0.569. The zero-order chi connectivity index (χ0) is 13.2. The van der Waals surface area contributed by atoms with Crippen molar-refractivity contribution in [3.8, 4) is 0 Å². The van der Waals surface area contributed by atoms with Gasteiger partial charge in [-0.25, -0.2) is 0 Å². The Balaban J connectivity index is 2.14. The van der Waals surface area contributed by atoms with Crippen molar-refractivity contribution in [2.75, 3.05) is 32.2 Å². The number of nitrogens with one attached hydrogen (secondary N) is 1. The van der Waals surface area contributed by atoms with Crippen LogP contribution in [0.5, 0.6) is 0 Å². The molecule has 1 aromatic rings. The lowest BCUT2D eigenvalue weighted by atomic mass is 10.2. The first kappa shape index (κ1) is 14.5. The largest absolute Gasteiger partial charge is 0.466 e. The molecule has 0 saturated carbocycles. The first-order valence-electron chi connectivity index (χ1n) is 6.18. The molecule has 1 aromatic carbocycles. The number of aryl methyl sites for hydroxylation is 1. The lowest BCUT2D eigenvalue weighted by Gasteiger charge is -2.09. The Morgan fingerprint density at radius 2 is 2.06 bits per heavy atom. The second-order valence-corrected chi connectivity index (χ2v) is 4.06. The topological polar surface area (TPSA) is 47.6 Å². The number of anilines is 1. The minimum atomic E-state index is -0.174. The fraction of sp³-hybridized carbons (Fsp3) is 0.500. The maximum absolute atomic E-state index is 11.4. The van der Waals surface area contributed by atoms with E-state index in [1.165, 1.54) is 5.56 Å². The highest BCUT2D eigenvalue weighted by Crippen LogP contribution is 2.12. The maximum Gasteiger partial charge on any atom is 0.307 e. The molecule has 4 nitrogen and oxygen atoms in total. The predicted octanol–water partition coefficient (Wildman–Crippen LogP) is 2.38. The molecule has 0 unspecified atom stereocenters. The molecule has 0 atom stereocenters. The van der Waals surface area contributed by atoms with Crippen molar-refractivity contribution in [1.29, 1.82) is 0 Å². The van der Waals surface area contributed by atoms with Crippen LogP contribution >= 0.6 is 0 Å². The van der Waals surface area contributed by atoms with Crippen molar-refractivity contribution in [3.63, 3.8) is 0 Å². The summed E-state index contributed by atoms with van der Waals surface area (Å²) in [5, 5.41) is 3.22. The van der Waals surface area contributed by atoms with E-state index in [2.05, 4.69) is 5.32 Å². The number of carbonyl (C=O) groups is 1. The summed E-state index contributed by atoms with van der Waals surface area (Å²) >= 11 is 0. The highest BCUT2D eigenvalue weighted by Gasteiger charge is 2.03. The van der Waals surface area contributed by atoms with Gasteiger partial charge in [0.15, 0.2) is 0 Å². The molecule has 0 radical (unpaired) electrons. The van der Waals surface area contributed by atoms with Crippen molar-refractivity contribution in [3.05, 3.63) is 29.8 Å². The predicted molar refractivity (Wildman–Crippen MR) is 71.7 cm³/mol. The van der Waals surface area contributed by atoms with Crippen LogP contribution in [0, 0.1) is 6.92 Å².